The molecule has 0 saturated heterocycles. The third-order valence-corrected chi connectivity index (χ3v) is 5.95. The molecule has 0 aliphatic carbocycles. The van der Waals surface area contributed by atoms with Crippen LogP contribution in [0.3, 0.4) is 0 Å². The van der Waals surface area contributed by atoms with Crippen LogP contribution in [0, 0.1) is 10.1 Å². The van der Waals surface area contributed by atoms with Crippen molar-refractivity contribution in [2.75, 3.05) is 9.91 Å². The van der Waals surface area contributed by atoms with E-state index in [2.05, 4.69) is 10.1 Å². The number of hydrazone groups is 1. The molecule has 0 radical (unpaired) electrons. The smallest absolute Gasteiger partial charge is 0.278 e. The molecule has 2 heterocycles. The van der Waals surface area contributed by atoms with Crippen molar-refractivity contribution in [2.24, 2.45) is 5.10 Å². The Morgan fingerprint density at radius 1 is 1.12 bits per heavy atom. The van der Waals surface area contributed by atoms with E-state index < -0.39 is 22.8 Å². The molecule has 3 aromatic rings. The average Bonchev–Trinajstić information content (AvgIpc) is 3.37. The zero-order valence-electron chi connectivity index (χ0n) is 17.0. The predicted molar refractivity (Wildman–Crippen MR) is 129 cm³/mol. The van der Waals surface area contributed by atoms with Crippen LogP contribution >= 0.6 is 46.4 Å². The number of benzene rings is 2. The fourth-order valence-electron chi connectivity index (χ4n) is 3.42. The van der Waals surface area contributed by atoms with Crippen LogP contribution < -0.4 is 9.91 Å². The fourth-order valence-corrected chi connectivity index (χ4v) is 4.60. The van der Waals surface area contributed by atoms with Crippen LogP contribution in [0.2, 0.25) is 20.1 Å². The van der Waals surface area contributed by atoms with Crippen molar-refractivity contribution in [2.45, 2.75) is 13.0 Å². The lowest BCUT2D eigenvalue weighted by atomic mass is 10.1. The molecule has 174 valence electrons. The van der Waals surface area contributed by atoms with E-state index >= 15 is 0 Å². The summed E-state index contributed by atoms with van der Waals surface area (Å²) in [5.41, 5.74) is -0.294. The number of carbonyl (C=O) groups excluding carboxylic acids is 2. The van der Waals surface area contributed by atoms with Gasteiger partial charge in [0.2, 0.25) is 5.91 Å². The largest absolute Gasteiger partial charge is 0.318 e. The molecule has 14 heteroatoms. The summed E-state index contributed by atoms with van der Waals surface area (Å²) in [4.78, 5) is 42.0. The lowest BCUT2D eigenvalue weighted by Crippen LogP contribution is -2.41. The lowest BCUT2D eigenvalue weighted by Gasteiger charge is -2.24. The summed E-state index contributed by atoms with van der Waals surface area (Å²) < 4.78 is 1.42. The highest BCUT2D eigenvalue weighted by molar-refractivity contribution is 6.43. The van der Waals surface area contributed by atoms with E-state index in [0.717, 1.165) is 16.0 Å². The van der Waals surface area contributed by atoms with Gasteiger partial charge in [0.25, 0.3) is 11.6 Å². The molecule has 2 amide bonds. The molecule has 0 N–H and O–H groups in total. The second-order valence-corrected chi connectivity index (χ2v) is 8.64. The van der Waals surface area contributed by atoms with E-state index in [4.69, 9.17) is 46.4 Å². The molecule has 0 spiro atoms. The SMILES string of the molecule is CC(=O)N(C1=NN(c2c(Cl)cc(Cl)cc2Cl)C(=O)C1n1ccnc1)c1cc([N+](=O)[O-])ccc1Cl. The summed E-state index contributed by atoms with van der Waals surface area (Å²) in [6.45, 7) is 1.21. The Hall–Kier alpha value is -3.18. The molecule has 1 aliphatic rings. The minimum atomic E-state index is -1.19. The summed E-state index contributed by atoms with van der Waals surface area (Å²) in [6.07, 6.45) is 4.30. The van der Waals surface area contributed by atoms with Gasteiger partial charge in [0.05, 0.1) is 32.0 Å². The van der Waals surface area contributed by atoms with Gasteiger partial charge in [-0.25, -0.2) is 4.98 Å². The Labute approximate surface area is 212 Å². The highest BCUT2D eigenvalue weighted by Gasteiger charge is 2.44. The van der Waals surface area contributed by atoms with Gasteiger partial charge in [-0.3, -0.25) is 24.6 Å². The monoisotopic (exact) mass is 540 g/mol. The number of nitro groups is 1. The average molecular weight is 542 g/mol. The Balaban J connectivity index is 1.94. The van der Waals surface area contributed by atoms with Gasteiger partial charge < -0.3 is 4.57 Å². The first-order valence-electron chi connectivity index (χ1n) is 9.39. The first kappa shape index (κ1) is 24.0. The number of rotatable bonds is 4. The zero-order chi connectivity index (χ0) is 24.7. The van der Waals surface area contributed by atoms with Crippen molar-refractivity contribution in [1.82, 2.24) is 9.55 Å². The number of nitro benzene ring substituents is 1. The summed E-state index contributed by atoms with van der Waals surface area (Å²) >= 11 is 24.9. The number of hydrogen-bond donors (Lipinski definition) is 0. The topological polar surface area (TPSA) is 114 Å². The maximum atomic E-state index is 13.6. The van der Waals surface area contributed by atoms with Crippen molar-refractivity contribution in [3.8, 4) is 0 Å². The van der Waals surface area contributed by atoms with Gasteiger partial charge in [-0.05, 0) is 18.2 Å². The van der Waals surface area contributed by atoms with Crippen LogP contribution in [0.25, 0.3) is 0 Å². The number of non-ortho nitro benzene ring substituents is 1. The quantitative estimate of drug-likeness (QED) is 0.326. The Morgan fingerprint density at radius 3 is 2.35 bits per heavy atom. The van der Waals surface area contributed by atoms with Crippen LogP contribution in [-0.2, 0) is 9.59 Å². The van der Waals surface area contributed by atoms with E-state index in [0.29, 0.717) is 0 Å². The molecule has 1 atom stereocenters. The van der Waals surface area contributed by atoms with Crippen LogP contribution in [0.1, 0.15) is 13.0 Å². The molecule has 4 rings (SSSR count). The molecule has 1 aliphatic heterocycles. The second-order valence-electron chi connectivity index (χ2n) is 6.99. The van der Waals surface area contributed by atoms with Crippen LogP contribution in [0.15, 0.2) is 54.2 Å². The van der Waals surface area contributed by atoms with Crippen molar-refractivity contribution < 1.29 is 14.5 Å². The molecule has 1 unspecified atom stereocenters. The lowest BCUT2D eigenvalue weighted by molar-refractivity contribution is -0.384. The first-order valence-corrected chi connectivity index (χ1v) is 10.9. The van der Waals surface area contributed by atoms with Crippen molar-refractivity contribution in [3.05, 3.63) is 79.3 Å². The number of anilines is 2. The van der Waals surface area contributed by atoms with Gasteiger partial charge in [-0.15, -0.1) is 5.10 Å². The number of nitrogens with zero attached hydrogens (tertiary/aromatic N) is 6. The summed E-state index contributed by atoms with van der Waals surface area (Å²) in [6, 6.07) is 5.17. The Bertz CT molecular complexity index is 1340. The van der Waals surface area contributed by atoms with Gasteiger partial charge in [-0.2, -0.15) is 5.01 Å². The van der Waals surface area contributed by atoms with Gasteiger partial charge in [0, 0.05) is 36.5 Å². The maximum Gasteiger partial charge on any atom is 0.278 e. The fraction of sp³-hybridized carbons (Fsp3) is 0.100. The molecule has 2 aromatic carbocycles. The summed E-state index contributed by atoms with van der Waals surface area (Å²) in [5.74, 6) is -1.32. The second kappa shape index (κ2) is 9.22. The van der Waals surface area contributed by atoms with Crippen LogP contribution in [0.5, 0.6) is 0 Å². The first-order chi connectivity index (χ1) is 16.1. The van der Waals surface area contributed by atoms with Gasteiger partial charge in [0.15, 0.2) is 11.9 Å². The standard InChI is InChI=1S/C20H12Cl4N6O4/c1-10(31)28(16-8-12(30(33)34)2-3-13(16)22)19-18(27-5-4-25-9-27)20(32)29(26-19)17-14(23)6-11(21)7-15(17)24/h2-9,18H,1H3. The number of carbonyl (C=O) groups is 2. The molecule has 10 nitrogen and oxygen atoms in total. The third kappa shape index (κ3) is 4.21. The Morgan fingerprint density at radius 2 is 1.79 bits per heavy atom. The number of imidazole rings is 1. The number of halogens is 4. The Kier molecular flexibility index (Phi) is 6.50. The minimum absolute atomic E-state index is 0.0290. The number of aromatic nitrogens is 2. The molecule has 1 aromatic heterocycles. The number of amides is 2. The van der Waals surface area contributed by atoms with E-state index in [1.807, 2.05) is 0 Å². The molecular weight excluding hydrogens is 530 g/mol. The van der Waals surface area contributed by atoms with Gasteiger partial charge in [-0.1, -0.05) is 46.4 Å². The van der Waals surface area contributed by atoms with E-state index in [-0.39, 0.29) is 43.0 Å². The number of amidine groups is 1. The van der Waals surface area contributed by atoms with Gasteiger partial charge in [0.1, 0.15) is 5.69 Å². The molecule has 0 fully saturated rings. The third-order valence-electron chi connectivity index (χ3n) is 4.83. The normalized spacial score (nSPS) is 15.4. The molecular formula is C20H12Cl4N6O4. The van der Waals surface area contributed by atoms with Crippen LogP contribution in [0.4, 0.5) is 17.1 Å². The van der Waals surface area contributed by atoms with E-state index in [1.165, 1.54) is 54.5 Å². The molecule has 0 bridgehead atoms. The van der Waals surface area contributed by atoms with Crippen molar-refractivity contribution in [1.29, 1.82) is 0 Å². The van der Waals surface area contributed by atoms with Gasteiger partial charge >= 0.3 is 0 Å². The summed E-state index contributed by atoms with van der Waals surface area (Å²) in [5, 5.41) is 17.0. The zero-order valence-corrected chi connectivity index (χ0v) is 20.0. The van der Waals surface area contributed by atoms with E-state index in [9.17, 15) is 19.7 Å². The predicted octanol–water partition coefficient (Wildman–Crippen LogP) is 5.36. The van der Waals surface area contributed by atoms with Crippen molar-refractivity contribution >= 4 is 81.1 Å². The molecule has 34 heavy (non-hydrogen) atoms. The van der Waals surface area contributed by atoms with E-state index in [1.54, 1.807) is 0 Å². The highest BCUT2D eigenvalue weighted by atomic mass is 35.5. The maximum absolute atomic E-state index is 13.6. The van der Waals surface area contributed by atoms with Crippen molar-refractivity contribution in [3.63, 3.8) is 0 Å². The van der Waals surface area contributed by atoms with Crippen LogP contribution in [-0.4, -0.2) is 32.1 Å². The number of hydrogen-bond acceptors (Lipinski definition) is 6. The minimum Gasteiger partial charge on any atom is -0.318 e. The summed E-state index contributed by atoms with van der Waals surface area (Å²) in [7, 11) is 0. The molecule has 0 saturated carbocycles. The highest BCUT2D eigenvalue weighted by Crippen LogP contribution is 2.41.